The summed E-state index contributed by atoms with van der Waals surface area (Å²) in [4.78, 5) is 2.69. The van der Waals surface area contributed by atoms with Crippen molar-refractivity contribution in [3.63, 3.8) is 0 Å². The molecule has 0 radical (unpaired) electrons. The number of hydrogen-bond donors (Lipinski definition) is 1. The predicted molar refractivity (Wildman–Crippen MR) is 64.5 cm³/mol. The normalized spacial score (nSPS) is 40.1. The second kappa shape index (κ2) is 5.03. The highest BCUT2D eigenvalue weighted by atomic mass is 16.5. The summed E-state index contributed by atoms with van der Waals surface area (Å²) in [6.45, 7) is 5.82. The maximum absolute atomic E-state index is 5.42. The van der Waals surface area contributed by atoms with Crippen LogP contribution in [0.3, 0.4) is 0 Å². The first-order valence-corrected chi connectivity index (χ1v) is 6.97. The number of ether oxygens (including phenoxy) is 1. The lowest BCUT2D eigenvalue weighted by Gasteiger charge is -2.35. The maximum Gasteiger partial charge on any atom is 0.0507 e. The second-order valence-electron chi connectivity index (χ2n) is 5.69. The van der Waals surface area contributed by atoms with Crippen LogP contribution in [0, 0.1) is 5.92 Å². The molecule has 3 nitrogen and oxygen atoms in total. The Morgan fingerprint density at radius 3 is 3.06 bits per heavy atom. The minimum absolute atomic E-state index is 0.778. The molecule has 3 aliphatic rings. The Labute approximate surface area is 98.5 Å². The number of fused-ring (bicyclic) bond motifs is 1. The molecule has 3 unspecified atom stereocenters. The average molecular weight is 224 g/mol. The number of nitrogens with zero attached hydrogens (tertiary/aromatic N) is 1. The van der Waals surface area contributed by atoms with Crippen molar-refractivity contribution in [2.24, 2.45) is 5.92 Å². The molecule has 3 aliphatic heterocycles. The summed E-state index contributed by atoms with van der Waals surface area (Å²) in [6.07, 6.45) is 6.85. The molecule has 3 atom stereocenters. The Hall–Kier alpha value is -0.120. The van der Waals surface area contributed by atoms with Gasteiger partial charge in [-0.2, -0.15) is 0 Å². The highest BCUT2D eigenvalue weighted by Crippen LogP contribution is 2.27. The molecule has 3 heterocycles. The Balaban J connectivity index is 1.42. The molecule has 1 N–H and O–H groups in total. The molecule has 16 heavy (non-hydrogen) atoms. The molecule has 3 heteroatoms. The summed E-state index contributed by atoms with van der Waals surface area (Å²) in [5.41, 5.74) is 0. The summed E-state index contributed by atoms with van der Waals surface area (Å²) in [5.74, 6) is 0.779. The molecule has 92 valence electrons. The van der Waals surface area contributed by atoms with Crippen LogP contribution in [0.4, 0.5) is 0 Å². The fourth-order valence-electron chi connectivity index (χ4n) is 3.49. The van der Waals surface area contributed by atoms with Gasteiger partial charge in [0, 0.05) is 25.2 Å². The van der Waals surface area contributed by atoms with Gasteiger partial charge in [0.25, 0.3) is 0 Å². The van der Waals surface area contributed by atoms with E-state index in [1.54, 1.807) is 0 Å². The van der Waals surface area contributed by atoms with Gasteiger partial charge >= 0.3 is 0 Å². The number of piperidine rings is 1. The van der Waals surface area contributed by atoms with Crippen molar-refractivity contribution in [3.05, 3.63) is 0 Å². The first-order valence-electron chi connectivity index (χ1n) is 6.97. The second-order valence-corrected chi connectivity index (χ2v) is 5.69. The predicted octanol–water partition coefficient (Wildman–Crippen LogP) is 1.24. The van der Waals surface area contributed by atoms with Crippen LogP contribution in [0.15, 0.2) is 0 Å². The Bertz CT molecular complexity index is 228. The average Bonchev–Trinajstić information content (AvgIpc) is 2.97. The monoisotopic (exact) mass is 224 g/mol. The van der Waals surface area contributed by atoms with Crippen molar-refractivity contribution in [1.82, 2.24) is 10.2 Å². The lowest BCUT2D eigenvalue weighted by molar-refractivity contribution is 0.159. The van der Waals surface area contributed by atoms with E-state index >= 15 is 0 Å². The van der Waals surface area contributed by atoms with E-state index < -0.39 is 0 Å². The van der Waals surface area contributed by atoms with E-state index in [0.717, 1.165) is 31.2 Å². The van der Waals surface area contributed by atoms with Crippen molar-refractivity contribution in [3.8, 4) is 0 Å². The van der Waals surface area contributed by atoms with Gasteiger partial charge in [-0.1, -0.05) is 0 Å². The van der Waals surface area contributed by atoms with Crippen molar-refractivity contribution in [2.45, 2.75) is 44.2 Å². The largest absolute Gasteiger partial charge is 0.381 e. The standard InChI is InChI=1S/C13H24N2O/c1-2-13-8-12(3-6-15(13)5-1)14-9-11-4-7-16-10-11/h11-14H,1-10H2. The number of hydrogen-bond acceptors (Lipinski definition) is 3. The van der Waals surface area contributed by atoms with E-state index in [1.165, 1.54) is 51.7 Å². The zero-order valence-corrected chi connectivity index (χ0v) is 10.2. The van der Waals surface area contributed by atoms with E-state index in [1.807, 2.05) is 0 Å². The van der Waals surface area contributed by atoms with Gasteiger partial charge in [0.05, 0.1) is 6.61 Å². The van der Waals surface area contributed by atoms with Gasteiger partial charge in [-0.25, -0.2) is 0 Å². The van der Waals surface area contributed by atoms with Gasteiger partial charge in [0.2, 0.25) is 0 Å². The van der Waals surface area contributed by atoms with Crippen molar-refractivity contribution < 1.29 is 4.74 Å². The van der Waals surface area contributed by atoms with Gasteiger partial charge in [0.15, 0.2) is 0 Å². The number of nitrogens with one attached hydrogen (secondary N) is 1. The molecule has 0 aromatic rings. The third-order valence-electron chi connectivity index (χ3n) is 4.54. The van der Waals surface area contributed by atoms with Crippen LogP contribution in [-0.2, 0) is 4.74 Å². The van der Waals surface area contributed by atoms with Crippen LogP contribution in [0.25, 0.3) is 0 Å². The molecule has 3 fully saturated rings. The van der Waals surface area contributed by atoms with Crippen LogP contribution in [0.5, 0.6) is 0 Å². The van der Waals surface area contributed by atoms with Crippen LogP contribution in [0.1, 0.15) is 32.1 Å². The smallest absolute Gasteiger partial charge is 0.0507 e. The molecular weight excluding hydrogens is 200 g/mol. The zero-order valence-electron chi connectivity index (χ0n) is 10.2. The van der Waals surface area contributed by atoms with E-state index in [-0.39, 0.29) is 0 Å². The Morgan fingerprint density at radius 2 is 2.19 bits per heavy atom. The minimum Gasteiger partial charge on any atom is -0.381 e. The quantitative estimate of drug-likeness (QED) is 0.780. The SMILES string of the molecule is C1CC2CC(NCC3CCOC3)CCN2C1. The van der Waals surface area contributed by atoms with E-state index in [0.29, 0.717) is 0 Å². The molecule has 0 saturated carbocycles. The zero-order chi connectivity index (χ0) is 10.8. The van der Waals surface area contributed by atoms with E-state index in [2.05, 4.69) is 10.2 Å². The molecule has 0 aromatic heterocycles. The third-order valence-corrected chi connectivity index (χ3v) is 4.54. The fourth-order valence-corrected chi connectivity index (χ4v) is 3.49. The molecule has 0 bridgehead atoms. The van der Waals surface area contributed by atoms with Gasteiger partial charge in [-0.3, -0.25) is 0 Å². The molecule has 3 rings (SSSR count). The summed E-state index contributed by atoms with van der Waals surface area (Å²) in [7, 11) is 0. The van der Waals surface area contributed by atoms with Crippen molar-refractivity contribution >= 4 is 0 Å². The number of rotatable bonds is 3. The topological polar surface area (TPSA) is 24.5 Å². The summed E-state index contributed by atoms with van der Waals surface area (Å²) in [5, 5.41) is 3.77. The van der Waals surface area contributed by atoms with Crippen molar-refractivity contribution in [1.29, 1.82) is 0 Å². The lowest BCUT2D eigenvalue weighted by atomic mass is 9.97. The van der Waals surface area contributed by atoms with Gasteiger partial charge in [-0.15, -0.1) is 0 Å². The lowest BCUT2D eigenvalue weighted by Crippen LogP contribution is -2.46. The van der Waals surface area contributed by atoms with E-state index in [4.69, 9.17) is 4.74 Å². The summed E-state index contributed by atoms with van der Waals surface area (Å²) < 4.78 is 5.42. The molecule has 0 aromatic carbocycles. The van der Waals surface area contributed by atoms with Crippen LogP contribution in [0.2, 0.25) is 0 Å². The molecule has 0 amide bonds. The van der Waals surface area contributed by atoms with Crippen LogP contribution >= 0.6 is 0 Å². The van der Waals surface area contributed by atoms with E-state index in [9.17, 15) is 0 Å². The van der Waals surface area contributed by atoms with Crippen LogP contribution in [-0.4, -0.2) is 49.8 Å². The molecule has 3 saturated heterocycles. The maximum atomic E-state index is 5.42. The first-order chi connectivity index (χ1) is 7.92. The highest BCUT2D eigenvalue weighted by Gasteiger charge is 2.31. The van der Waals surface area contributed by atoms with Crippen molar-refractivity contribution in [2.75, 3.05) is 32.8 Å². The Morgan fingerprint density at radius 1 is 1.19 bits per heavy atom. The summed E-state index contributed by atoms with van der Waals surface area (Å²) >= 11 is 0. The minimum atomic E-state index is 0.778. The fraction of sp³-hybridized carbons (Fsp3) is 1.00. The Kier molecular flexibility index (Phi) is 3.46. The van der Waals surface area contributed by atoms with Crippen LogP contribution < -0.4 is 5.32 Å². The van der Waals surface area contributed by atoms with Gasteiger partial charge in [-0.05, 0) is 51.1 Å². The molecule has 0 aliphatic carbocycles. The highest BCUT2D eigenvalue weighted by molar-refractivity contribution is 4.89. The first kappa shape index (κ1) is 11.0. The summed E-state index contributed by atoms with van der Waals surface area (Å²) in [6, 6.07) is 1.67. The molecule has 0 spiro atoms. The van der Waals surface area contributed by atoms with Gasteiger partial charge in [0.1, 0.15) is 0 Å². The molecular formula is C13H24N2O. The van der Waals surface area contributed by atoms with Gasteiger partial charge < -0.3 is 15.0 Å². The third kappa shape index (κ3) is 2.41.